The van der Waals surface area contributed by atoms with Crippen molar-refractivity contribution >= 4 is 17.5 Å². The summed E-state index contributed by atoms with van der Waals surface area (Å²) in [5, 5.41) is 14.0. The average molecular weight is 289 g/mol. The summed E-state index contributed by atoms with van der Waals surface area (Å²) in [5.41, 5.74) is 7.08. The first-order valence-electron chi connectivity index (χ1n) is 6.16. The number of nitrogen functional groups attached to an aromatic ring is 1. The summed E-state index contributed by atoms with van der Waals surface area (Å²) in [7, 11) is 1.48. The molecule has 0 radical (unpaired) electrons. The molecule has 0 atom stereocenters. The number of nitrogens with two attached hydrogens (primary N) is 1. The zero-order chi connectivity index (χ0) is 15.4. The highest BCUT2D eigenvalue weighted by molar-refractivity contribution is 5.48. The highest BCUT2D eigenvalue weighted by Crippen LogP contribution is 2.22. The second-order valence-corrected chi connectivity index (χ2v) is 4.33. The molecule has 3 N–H and O–H groups in total. The molecule has 0 amide bonds. The monoisotopic (exact) mass is 289 g/mol. The summed E-state index contributed by atoms with van der Waals surface area (Å²) in [4.78, 5) is 18.4. The molecule has 21 heavy (non-hydrogen) atoms. The van der Waals surface area contributed by atoms with Gasteiger partial charge < -0.3 is 15.8 Å². The van der Waals surface area contributed by atoms with Crippen LogP contribution in [0.5, 0.6) is 5.88 Å². The number of hydrogen-bond acceptors (Lipinski definition) is 7. The number of rotatable bonds is 5. The van der Waals surface area contributed by atoms with E-state index in [0.29, 0.717) is 23.8 Å². The molecule has 0 aliphatic heterocycles. The maximum Gasteiger partial charge on any atom is 0.272 e. The van der Waals surface area contributed by atoms with Gasteiger partial charge >= 0.3 is 0 Å². The minimum absolute atomic E-state index is 0.0904. The molecular formula is C13H15N5O3. The topological polar surface area (TPSA) is 116 Å². The number of ether oxygens (including phenoxy) is 1. The first-order chi connectivity index (χ1) is 10.0. The van der Waals surface area contributed by atoms with Crippen molar-refractivity contribution in [2.75, 3.05) is 18.2 Å². The molecule has 2 rings (SSSR count). The number of aromatic nitrogens is 2. The van der Waals surface area contributed by atoms with Crippen LogP contribution in [0.15, 0.2) is 24.3 Å². The Morgan fingerprint density at radius 3 is 2.86 bits per heavy atom. The Kier molecular flexibility index (Phi) is 4.17. The fourth-order valence-electron chi connectivity index (χ4n) is 1.88. The molecule has 8 nitrogen and oxygen atoms in total. The summed E-state index contributed by atoms with van der Waals surface area (Å²) in [6.45, 7) is 2.09. The van der Waals surface area contributed by atoms with Gasteiger partial charge in [-0.15, -0.1) is 0 Å². The number of nitrogens with zero attached hydrogens (tertiary/aromatic N) is 3. The van der Waals surface area contributed by atoms with Crippen LogP contribution in [0.3, 0.4) is 0 Å². The number of nitro groups is 1. The van der Waals surface area contributed by atoms with E-state index in [1.807, 2.05) is 6.07 Å². The molecule has 110 valence electrons. The van der Waals surface area contributed by atoms with Gasteiger partial charge in [0.1, 0.15) is 5.82 Å². The molecule has 0 bridgehead atoms. The normalized spacial score (nSPS) is 10.2. The lowest BCUT2D eigenvalue weighted by Gasteiger charge is -2.10. The van der Waals surface area contributed by atoms with Gasteiger partial charge in [-0.05, 0) is 12.5 Å². The van der Waals surface area contributed by atoms with Crippen molar-refractivity contribution in [1.29, 1.82) is 0 Å². The van der Waals surface area contributed by atoms with Gasteiger partial charge in [0, 0.05) is 24.2 Å². The fourth-order valence-corrected chi connectivity index (χ4v) is 1.88. The van der Waals surface area contributed by atoms with Crippen LogP contribution in [0, 0.1) is 17.0 Å². The van der Waals surface area contributed by atoms with Crippen LogP contribution in [0.1, 0.15) is 11.1 Å². The van der Waals surface area contributed by atoms with Gasteiger partial charge in [0.15, 0.2) is 0 Å². The molecule has 1 aromatic carbocycles. The van der Waals surface area contributed by atoms with Crippen LogP contribution in [0.4, 0.5) is 17.5 Å². The van der Waals surface area contributed by atoms with Crippen LogP contribution in [-0.4, -0.2) is 22.0 Å². The molecule has 0 aliphatic carbocycles. The number of anilines is 2. The minimum Gasteiger partial charge on any atom is -0.481 e. The molecule has 1 heterocycles. The Morgan fingerprint density at radius 1 is 1.43 bits per heavy atom. The Bertz CT molecular complexity index is 675. The third-order valence-corrected chi connectivity index (χ3v) is 3.00. The summed E-state index contributed by atoms with van der Waals surface area (Å²) in [6, 6.07) is 6.54. The SMILES string of the molecule is COc1cc(NCc2cccc([N+](=O)[O-])c2C)nc(N)n1. The van der Waals surface area contributed by atoms with Crippen LogP contribution in [0.2, 0.25) is 0 Å². The Labute approximate surface area is 121 Å². The number of nitrogens with one attached hydrogen (secondary N) is 1. The van der Waals surface area contributed by atoms with E-state index < -0.39 is 4.92 Å². The highest BCUT2D eigenvalue weighted by atomic mass is 16.6. The highest BCUT2D eigenvalue weighted by Gasteiger charge is 2.13. The third kappa shape index (κ3) is 3.35. The Balaban J connectivity index is 2.19. The van der Waals surface area contributed by atoms with Crippen molar-refractivity contribution in [2.45, 2.75) is 13.5 Å². The van der Waals surface area contributed by atoms with E-state index >= 15 is 0 Å². The molecule has 2 aromatic rings. The van der Waals surface area contributed by atoms with Crippen molar-refractivity contribution < 1.29 is 9.66 Å². The first kappa shape index (κ1) is 14.5. The number of nitro benzene ring substituents is 1. The Morgan fingerprint density at radius 2 is 2.19 bits per heavy atom. The van der Waals surface area contributed by atoms with E-state index in [1.54, 1.807) is 19.1 Å². The summed E-state index contributed by atoms with van der Waals surface area (Å²) in [5.74, 6) is 0.929. The molecule has 0 aliphatic rings. The van der Waals surface area contributed by atoms with E-state index in [1.165, 1.54) is 13.2 Å². The zero-order valence-corrected chi connectivity index (χ0v) is 11.7. The maximum atomic E-state index is 10.9. The second-order valence-electron chi connectivity index (χ2n) is 4.33. The quantitative estimate of drug-likeness (QED) is 0.637. The summed E-state index contributed by atoms with van der Waals surface area (Å²) < 4.78 is 5.00. The molecule has 0 saturated heterocycles. The van der Waals surface area contributed by atoms with E-state index in [0.717, 1.165) is 5.56 Å². The molecule has 1 aromatic heterocycles. The summed E-state index contributed by atoms with van der Waals surface area (Å²) in [6.07, 6.45) is 0. The first-order valence-corrected chi connectivity index (χ1v) is 6.16. The largest absolute Gasteiger partial charge is 0.481 e. The van der Waals surface area contributed by atoms with E-state index in [-0.39, 0.29) is 11.6 Å². The van der Waals surface area contributed by atoms with Gasteiger partial charge in [0.2, 0.25) is 11.8 Å². The van der Waals surface area contributed by atoms with Crippen molar-refractivity contribution in [3.05, 3.63) is 45.5 Å². The smallest absolute Gasteiger partial charge is 0.272 e. The molecule has 0 fully saturated rings. The van der Waals surface area contributed by atoms with Crippen LogP contribution < -0.4 is 15.8 Å². The van der Waals surface area contributed by atoms with Gasteiger partial charge in [-0.2, -0.15) is 9.97 Å². The minimum atomic E-state index is -0.398. The zero-order valence-electron chi connectivity index (χ0n) is 11.7. The molecule has 8 heteroatoms. The van der Waals surface area contributed by atoms with Crippen molar-refractivity contribution in [1.82, 2.24) is 9.97 Å². The van der Waals surface area contributed by atoms with E-state index in [2.05, 4.69) is 15.3 Å². The average Bonchev–Trinajstić information content (AvgIpc) is 2.45. The summed E-state index contributed by atoms with van der Waals surface area (Å²) >= 11 is 0. The fraction of sp³-hybridized carbons (Fsp3) is 0.231. The number of methoxy groups -OCH3 is 1. The lowest BCUT2D eigenvalue weighted by atomic mass is 10.1. The number of hydrogen-bond donors (Lipinski definition) is 2. The van der Waals surface area contributed by atoms with E-state index in [4.69, 9.17) is 10.5 Å². The predicted molar refractivity (Wildman–Crippen MR) is 78.2 cm³/mol. The van der Waals surface area contributed by atoms with Crippen molar-refractivity contribution in [2.24, 2.45) is 0 Å². The molecular weight excluding hydrogens is 274 g/mol. The molecule has 0 saturated carbocycles. The lowest BCUT2D eigenvalue weighted by molar-refractivity contribution is -0.385. The lowest BCUT2D eigenvalue weighted by Crippen LogP contribution is -2.07. The van der Waals surface area contributed by atoms with Gasteiger partial charge in [-0.25, -0.2) is 0 Å². The van der Waals surface area contributed by atoms with Crippen LogP contribution >= 0.6 is 0 Å². The predicted octanol–water partition coefficient (Wildman–Crippen LogP) is 1.90. The van der Waals surface area contributed by atoms with Crippen molar-refractivity contribution in [3.8, 4) is 5.88 Å². The number of benzene rings is 1. The van der Waals surface area contributed by atoms with Gasteiger partial charge in [0.25, 0.3) is 5.69 Å². The van der Waals surface area contributed by atoms with Gasteiger partial charge in [-0.1, -0.05) is 12.1 Å². The van der Waals surface area contributed by atoms with E-state index in [9.17, 15) is 10.1 Å². The van der Waals surface area contributed by atoms with Gasteiger partial charge in [-0.3, -0.25) is 10.1 Å². The second kappa shape index (κ2) is 6.04. The third-order valence-electron chi connectivity index (χ3n) is 3.00. The standard InChI is InChI=1S/C13H15N5O3/c1-8-9(4-3-5-10(8)18(19)20)7-15-11-6-12(21-2)17-13(14)16-11/h3-6H,7H2,1-2H3,(H3,14,15,16,17). The molecule has 0 unspecified atom stereocenters. The Hall–Kier alpha value is -2.90. The molecule has 0 spiro atoms. The van der Waals surface area contributed by atoms with Gasteiger partial charge in [0.05, 0.1) is 12.0 Å². The maximum absolute atomic E-state index is 10.9. The van der Waals surface area contributed by atoms with Crippen LogP contribution in [0.25, 0.3) is 0 Å². The van der Waals surface area contributed by atoms with Crippen LogP contribution in [-0.2, 0) is 6.54 Å². The van der Waals surface area contributed by atoms with Crippen molar-refractivity contribution in [3.63, 3.8) is 0 Å².